The van der Waals surface area contributed by atoms with Gasteiger partial charge in [-0.15, -0.1) is 0 Å². The SMILES string of the molecule is CCC(C)(CCC(C)=O)C(C)CCC(=O)OC. The fourth-order valence-electron chi connectivity index (χ4n) is 2.02. The molecule has 0 aliphatic heterocycles. The molecule has 0 aromatic heterocycles. The van der Waals surface area contributed by atoms with Gasteiger partial charge in [0.25, 0.3) is 0 Å². The Morgan fingerprint density at radius 2 is 1.88 bits per heavy atom. The smallest absolute Gasteiger partial charge is 0.305 e. The normalized spacial score (nSPS) is 16.1. The Bertz CT molecular complexity index is 260. The van der Waals surface area contributed by atoms with Gasteiger partial charge in [-0.2, -0.15) is 0 Å². The molecule has 2 unspecified atom stereocenters. The first-order chi connectivity index (χ1) is 7.85. The third-order valence-electron chi connectivity index (χ3n) is 4.05. The van der Waals surface area contributed by atoms with Crippen molar-refractivity contribution >= 4 is 11.8 Å². The number of hydrogen-bond acceptors (Lipinski definition) is 3. The maximum atomic E-state index is 11.1. The predicted octanol–water partition coefficient (Wildman–Crippen LogP) is 3.36. The molecule has 0 aliphatic rings. The summed E-state index contributed by atoms with van der Waals surface area (Å²) in [5.74, 6) is 0.512. The van der Waals surface area contributed by atoms with E-state index in [1.165, 1.54) is 7.11 Å². The fourth-order valence-corrected chi connectivity index (χ4v) is 2.02. The third-order valence-corrected chi connectivity index (χ3v) is 4.05. The second-order valence-electron chi connectivity index (χ2n) is 5.23. The van der Waals surface area contributed by atoms with E-state index in [1.807, 2.05) is 0 Å². The molecule has 0 amide bonds. The highest BCUT2D eigenvalue weighted by Gasteiger charge is 2.29. The molecule has 0 heterocycles. The summed E-state index contributed by atoms with van der Waals surface area (Å²) in [5, 5.41) is 0. The zero-order valence-corrected chi connectivity index (χ0v) is 11.8. The van der Waals surface area contributed by atoms with Crippen LogP contribution in [0.5, 0.6) is 0 Å². The first kappa shape index (κ1) is 16.1. The highest BCUT2D eigenvalue weighted by atomic mass is 16.5. The minimum atomic E-state index is -0.151. The number of rotatable bonds is 8. The molecule has 17 heavy (non-hydrogen) atoms. The Balaban J connectivity index is 4.30. The molecular weight excluding hydrogens is 216 g/mol. The van der Waals surface area contributed by atoms with Gasteiger partial charge >= 0.3 is 5.97 Å². The van der Waals surface area contributed by atoms with Gasteiger partial charge in [0.05, 0.1) is 7.11 Å². The van der Waals surface area contributed by atoms with Crippen molar-refractivity contribution in [3.8, 4) is 0 Å². The summed E-state index contributed by atoms with van der Waals surface area (Å²) in [6.07, 6.45) is 3.86. The number of methoxy groups -OCH3 is 1. The van der Waals surface area contributed by atoms with E-state index >= 15 is 0 Å². The molecule has 0 spiro atoms. The van der Waals surface area contributed by atoms with Crippen molar-refractivity contribution in [3.05, 3.63) is 0 Å². The minimum Gasteiger partial charge on any atom is -0.469 e. The van der Waals surface area contributed by atoms with Gasteiger partial charge in [0.1, 0.15) is 5.78 Å². The van der Waals surface area contributed by atoms with Crippen molar-refractivity contribution in [1.29, 1.82) is 0 Å². The average molecular weight is 242 g/mol. The zero-order valence-electron chi connectivity index (χ0n) is 11.8. The maximum absolute atomic E-state index is 11.1. The van der Waals surface area contributed by atoms with Gasteiger partial charge in [0.2, 0.25) is 0 Å². The van der Waals surface area contributed by atoms with Gasteiger partial charge < -0.3 is 9.53 Å². The fraction of sp³-hybridized carbons (Fsp3) is 0.857. The Hall–Kier alpha value is -0.860. The molecule has 0 saturated heterocycles. The molecule has 0 N–H and O–H groups in total. The highest BCUT2D eigenvalue weighted by Crippen LogP contribution is 2.38. The second-order valence-corrected chi connectivity index (χ2v) is 5.23. The van der Waals surface area contributed by atoms with Gasteiger partial charge in [-0.25, -0.2) is 0 Å². The van der Waals surface area contributed by atoms with E-state index < -0.39 is 0 Å². The molecule has 2 atom stereocenters. The predicted molar refractivity (Wildman–Crippen MR) is 68.7 cm³/mol. The molecule has 3 nitrogen and oxygen atoms in total. The number of esters is 1. The van der Waals surface area contributed by atoms with Gasteiger partial charge in [0, 0.05) is 12.8 Å². The summed E-state index contributed by atoms with van der Waals surface area (Å²) in [7, 11) is 1.42. The van der Waals surface area contributed by atoms with Crippen molar-refractivity contribution < 1.29 is 14.3 Å². The van der Waals surface area contributed by atoms with Gasteiger partial charge in [-0.05, 0) is 31.1 Å². The number of ketones is 1. The van der Waals surface area contributed by atoms with E-state index in [9.17, 15) is 9.59 Å². The molecule has 0 aromatic carbocycles. The Labute approximate surface area is 105 Å². The first-order valence-corrected chi connectivity index (χ1v) is 6.42. The molecule has 0 rings (SSSR count). The van der Waals surface area contributed by atoms with E-state index in [0.717, 1.165) is 19.3 Å². The number of Topliss-reactive ketones (excluding diaryl/α,β-unsaturated/α-hetero) is 1. The van der Waals surface area contributed by atoms with Crippen LogP contribution in [0.2, 0.25) is 0 Å². The monoisotopic (exact) mass is 242 g/mol. The van der Waals surface area contributed by atoms with Crippen LogP contribution in [0.25, 0.3) is 0 Å². The van der Waals surface area contributed by atoms with Crippen molar-refractivity contribution in [2.24, 2.45) is 11.3 Å². The summed E-state index contributed by atoms with van der Waals surface area (Å²) in [5.41, 5.74) is 0.139. The largest absolute Gasteiger partial charge is 0.469 e. The molecule has 0 aromatic rings. The van der Waals surface area contributed by atoms with E-state index in [1.54, 1.807) is 6.92 Å². The van der Waals surface area contributed by atoms with Gasteiger partial charge in [-0.1, -0.05) is 27.2 Å². The van der Waals surface area contributed by atoms with Crippen molar-refractivity contribution in [1.82, 2.24) is 0 Å². The van der Waals surface area contributed by atoms with Crippen molar-refractivity contribution in [2.75, 3.05) is 7.11 Å². The third kappa shape index (κ3) is 5.85. The number of hydrogen-bond donors (Lipinski definition) is 0. The van der Waals surface area contributed by atoms with Crippen LogP contribution in [-0.2, 0) is 14.3 Å². The van der Waals surface area contributed by atoms with Crippen molar-refractivity contribution in [2.45, 2.75) is 59.8 Å². The summed E-state index contributed by atoms with van der Waals surface area (Å²) in [4.78, 5) is 22.2. The molecule has 0 aliphatic carbocycles. The van der Waals surface area contributed by atoms with Gasteiger partial charge in [0.15, 0.2) is 0 Å². The van der Waals surface area contributed by atoms with Crippen molar-refractivity contribution in [3.63, 3.8) is 0 Å². The lowest BCUT2D eigenvalue weighted by Gasteiger charge is -2.34. The molecule has 0 saturated carbocycles. The number of carbonyl (C=O) groups excluding carboxylic acids is 2. The van der Waals surface area contributed by atoms with Crippen LogP contribution in [0.15, 0.2) is 0 Å². The Morgan fingerprint density at radius 1 is 1.29 bits per heavy atom. The topological polar surface area (TPSA) is 43.4 Å². The summed E-state index contributed by atoms with van der Waals surface area (Å²) in [6, 6.07) is 0. The average Bonchev–Trinajstić information content (AvgIpc) is 2.32. The molecule has 3 heteroatoms. The van der Waals surface area contributed by atoms with Crippen LogP contribution in [0.1, 0.15) is 59.8 Å². The molecular formula is C14H26O3. The molecule has 0 fully saturated rings. The van der Waals surface area contributed by atoms with Gasteiger partial charge in [-0.3, -0.25) is 4.79 Å². The van der Waals surface area contributed by atoms with Crippen LogP contribution in [0.4, 0.5) is 0 Å². The Morgan fingerprint density at radius 3 is 2.29 bits per heavy atom. The van der Waals surface area contributed by atoms with Crippen LogP contribution in [0.3, 0.4) is 0 Å². The summed E-state index contributed by atoms with van der Waals surface area (Å²) >= 11 is 0. The standard InChI is InChI=1S/C14H26O3/c1-6-14(4,10-9-12(3)15)11(2)7-8-13(16)17-5/h11H,6-10H2,1-5H3. The lowest BCUT2D eigenvalue weighted by Crippen LogP contribution is -2.26. The lowest BCUT2D eigenvalue weighted by molar-refractivity contribution is -0.141. The number of carbonyl (C=O) groups is 2. The lowest BCUT2D eigenvalue weighted by atomic mass is 9.70. The van der Waals surface area contributed by atoms with Crippen LogP contribution < -0.4 is 0 Å². The number of ether oxygens (including phenoxy) is 1. The molecule has 0 bridgehead atoms. The van der Waals surface area contributed by atoms with E-state index in [4.69, 9.17) is 0 Å². The molecule has 0 radical (unpaired) electrons. The zero-order chi connectivity index (χ0) is 13.5. The van der Waals surface area contributed by atoms with E-state index in [-0.39, 0.29) is 17.2 Å². The minimum absolute atomic E-state index is 0.139. The highest BCUT2D eigenvalue weighted by molar-refractivity contribution is 5.75. The van der Waals surface area contributed by atoms with E-state index in [0.29, 0.717) is 18.8 Å². The second kappa shape index (κ2) is 7.46. The van der Waals surface area contributed by atoms with Crippen LogP contribution >= 0.6 is 0 Å². The molecule has 100 valence electrons. The van der Waals surface area contributed by atoms with Crippen LogP contribution in [0, 0.1) is 11.3 Å². The summed E-state index contributed by atoms with van der Waals surface area (Å²) < 4.78 is 4.65. The Kier molecular flexibility index (Phi) is 7.09. The van der Waals surface area contributed by atoms with Crippen LogP contribution in [-0.4, -0.2) is 18.9 Å². The maximum Gasteiger partial charge on any atom is 0.305 e. The quantitative estimate of drug-likeness (QED) is 0.613. The van der Waals surface area contributed by atoms with E-state index in [2.05, 4.69) is 25.5 Å². The first-order valence-electron chi connectivity index (χ1n) is 6.42. The summed E-state index contributed by atoms with van der Waals surface area (Å²) in [6.45, 7) is 8.15.